The Balaban J connectivity index is 1.69. The molecule has 6 nitrogen and oxygen atoms in total. The van der Waals surface area contributed by atoms with Gasteiger partial charge in [-0.2, -0.15) is 0 Å². The molecule has 1 N–H and O–H groups in total. The number of fused-ring (bicyclic) bond motifs is 1. The second-order valence-corrected chi connectivity index (χ2v) is 7.55. The fourth-order valence-electron chi connectivity index (χ4n) is 3.13. The van der Waals surface area contributed by atoms with Crippen LogP contribution >= 0.6 is 11.8 Å². The van der Waals surface area contributed by atoms with Crippen LogP contribution in [0.4, 0.5) is 5.69 Å². The second kappa shape index (κ2) is 9.01. The molecule has 0 saturated heterocycles. The fourth-order valence-corrected chi connectivity index (χ4v) is 3.54. The zero-order chi connectivity index (χ0) is 20.1. The molecule has 1 aliphatic heterocycles. The molecular weight excluding hydrogens is 374 g/mol. The first-order chi connectivity index (χ1) is 13.5. The maximum absolute atomic E-state index is 12.8. The molecule has 148 valence electrons. The van der Waals surface area contributed by atoms with Crippen molar-refractivity contribution in [2.45, 2.75) is 17.5 Å². The summed E-state index contributed by atoms with van der Waals surface area (Å²) >= 11 is 1.69. The van der Waals surface area contributed by atoms with Crippen molar-refractivity contribution < 1.29 is 14.3 Å². The molecule has 2 amide bonds. The molecule has 0 aliphatic carbocycles. The lowest BCUT2D eigenvalue weighted by atomic mass is 10.1. The third kappa shape index (κ3) is 4.59. The number of carbonyl (C=O) groups excluding carboxylic acids is 2. The number of thioether (sulfide) groups is 1. The van der Waals surface area contributed by atoms with Crippen LogP contribution in [0, 0.1) is 0 Å². The molecule has 2 aromatic rings. The van der Waals surface area contributed by atoms with Crippen molar-refractivity contribution >= 4 is 29.3 Å². The summed E-state index contributed by atoms with van der Waals surface area (Å²) in [4.78, 5) is 29.7. The molecular formula is C21H25N3O3S. The average Bonchev–Trinajstić information content (AvgIpc) is 2.73. The number of ether oxygens (including phenoxy) is 1. The number of anilines is 1. The summed E-state index contributed by atoms with van der Waals surface area (Å²) in [6.07, 6.45) is 1.40. The number of rotatable bonds is 6. The van der Waals surface area contributed by atoms with E-state index in [2.05, 4.69) is 17.4 Å². The second-order valence-electron chi connectivity index (χ2n) is 6.67. The number of likely N-dealkylation sites (N-methyl/N-ethyl adjacent to an activating group) is 2. The van der Waals surface area contributed by atoms with Crippen LogP contribution in [0.25, 0.3) is 0 Å². The number of hydrogen-bond acceptors (Lipinski definition) is 5. The molecule has 1 heterocycles. The zero-order valence-electron chi connectivity index (χ0n) is 16.3. The highest BCUT2D eigenvalue weighted by molar-refractivity contribution is 7.98. The van der Waals surface area contributed by atoms with Gasteiger partial charge in [-0.15, -0.1) is 11.8 Å². The van der Waals surface area contributed by atoms with Crippen LogP contribution in [-0.4, -0.2) is 56.3 Å². The maximum atomic E-state index is 12.8. The predicted octanol–water partition coefficient (Wildman–Crippen LogP) is 2.38. The van der Waals surface area contributed by atoms with Gasteiger partial charge in [0.25, 0.3) is 5.91 Å². The normalized spacial score (nSPS) is 15.4. The van der Waals surface area contributed by atoms with Crippen molar-refractivity contribution in [2.24, 2.45) is 0 Å². The lowest BCUT2D eigenvalue weighted by molar-refractivity contribution is -0.130. The van der Waals surface area contributed by atoms with Crippen molar-refractivity contribution in [2.75, 3.05) is 38.3 Å². The smallest absolute Gasteiger partial charge is 0.262 e. The van der Waals surface area contributed by atoms with E-state index >= 15 is 0 Å². The molecule has 0 saturated carbocycles. The average molecular weight is 400 g/mol. The molecule has 0 fully saturated rings. The first kappa shape index (κ1) is 20.1. The number of nitrogens with zero attached hydrogens (tertiary/aromatic N) is 2. The molecule has 0 spiro atoms. The Morgan fingerprint density at radius 1 is 1.21 bits per heavy atom. The van der Waals surface area contributed by atoms with E-state index in [0.717, 1.165) is 11.3 Å². The molecule has 0 radical (unpaired) electrons. The van der Waals surface area contributed by atoms with Gasteiger partial charge in [0, 0.05) is 25.5 Å². The van der Waals surface area contributed by atoms with E-state index in [-0.39, 0.29) is 18.4 Å². The lowest BCUT2D eigenvalue weighted by Gasteiger charge is -2.35. The molecule has 1 aliphatic rings. The van der Waals surface area contributed by atoms with Crippen molar-refractivity contribution in [3.8, 4) is 5.75 Å². The van der Waals surface area contributed by atoms with Crippen LogP contribution < -0.4 is 15.0 Å². The van der Waals surface area contributed by atoms with Crippen LogP contribution in [-0.2, 0) is 16.1 Å². The predicted molar refractivity (Wildman–Crippen MR) is 112 cm³/mol. The zero-order valence-corrected chi connectivity index (χ0v) is 17.2. The minimum Gasteiger partial charge on any atom is -0.477 e. The van der Waals surface area contributed by atoms with Crippen LogP contribution in [0.15, 0.2) is 53.4 Å². The van der Waals surface area contributed by atoms with Gasteiger partial charge in [-0.25, -0.2) is 0 Å². The summed E-state index contributed by atoms with van der Waals surface area (Å²) in [7, 11) is 3.38. The van der Waals surface area contributed by atoms with Gasteiger partial charge in [-0.05, 0) is 36.1 Å². The number of hydrogen-bond donors (Lipinski definition) is 1. The van der Waals surface area contributed by atoms with Gasteiger partial charge in [0.1, 0.15) is 5.75 Å². The van der Waals surface area contributed by atoms with Gasteiger partial charge in [0.2, 0.25) is 5.91 Å². The highest BCUT2D eigenvalue weighted by Gasteiger charge is 2.31. The van der Waals surface area contributed by atoms with Crippen molar-refractivity contribution in [1.29, 1.82) is 0 Å². The Kier molecular flexibility index (Phi) is 6.46. The van der Waals surface area contributed by atoms with E-state index in [1.807, 2.05) is 47.6 Å². The number of nitrogens with one attached hydrogen (secondary N) is 1. The van der Waals surface area contributed by atoms with E-state index in [9.17, 15) is 9.59 Å². The van der Waals surface area contributed by atoms with Crippen molar-refractivity contribution in [3.63, 3.8) is 0 Å². The minimum atomic E-state index is -0.642. The Morgan fingerprint density at radius 2 is 1.93 bits per heavy atom. The fraction of sp³-hybridized carbons (Fsp3) is 0.333. The SMILES string of the molecule is CNC(=O)[C@@H]1CN(CC(=O)N(C)Cc2ccc(SC)cc2)c2ccccc2O1. The summed E-state index contributed by atoms with van der Waals surface area (Å²) in [5.74, 6) is 0.404. The molecule has 3 rings (SSSR count). The molecule has 0 aromatic heterocycles. The van der Waals surface area contributed by atoms with Crippen LogP contribution in [0.3, 0.4) is 0 Å². The summed E-state index contributed by atoms with van der Waals surface area (Å²) < 4.78 is 5.79. The number of benzene rings is 2. The molecule has 0 unspecified atom stereocenters. The molecule has 28 heavy (non-hydrogen) atoms. The minimum absolute atomic E-state index is 0.0127. The van der Waals surface area contributed by atoms with Crippen LogP contribution in [0.5, 0.6) is 5.75 Å². The number of para-hydroxylation sites is 2. The van der Waals surface area contributed by atoms with Gasteiger partial charge in [-0.1, -0.05) is 24.3 Å². The molecule has 2 aromatic carbocycles. The Hall–Kier alpha value is -2.67. The third-order valence-electron chi connectivity index (χ3n) is 4.73. The van der Waals surface area contributed by atoms with E-state index in [0.29, 0.717) is 18.8 Å². The molecule has 7 heteroatoms. The van der Waals surface area contributed by atoms with E-state index < -0.39 is 6.10 Å². The molecule has 0 bridgehead atoms. The van der Waals surface area contributed by atoms with Gasteiger partial charge in [-0.3, -0.25) is 9.59 Å². The standard InChI is InChI=1S/C21H25N3O3S/c1-22-21(26)19-13-24(17-6-4-5-7-18(17)27-19)14-20(25)23(2)12-15-8-10-16(28-3)11-9-15/h4-11,19H,12-14H2,1-3H3,(H,22,26)/t19-/m0/s1. The van der Waals surface area contributed by atoms with E-state index in [4.69, 9.17) is 4.74 Å². The summed E-state index contributed by atoms with van der Waals surface area (Å²) in [6.45, 7) is 1.06. The van der Waals surface area contributed by atoms with Gasteiger partial charge < -0.3 is 19.9 Å². The Labute approximate surface area is 169 Å². The van der Waals surface area contributed by atoms with E-state index in [1.54, 1.807) is 30.8 Å². The van der Waals surface area contributed by atoms with E-state index in [1.165, 1.54) is 4.90 Å². The van der Waals surface area contributed by atoms with Crippen molar-refractivity contribution in [3.05, 3.63) is 54.1 Å². The van der Waals surface area contributed by atoms with Gasteiger partial charge >= 0.3 is 0 Å². The van der Waals surface area contributed by atoms with Gasteiger partial charge in [0.05, 0.1) is 18.8 Å². The lowest BCUT2D eigenvalue weighted by Crippen LogP contribution is -2.50. The first-order valence-electron chi connectivity index (χ1n) is 9.11. The number of amides is 2. The topological polar surface area (TPSA) is 61.9 Å². The summed E-state index contributed by atoms with van der Waals surface area (Å²) in [5.41, 5.74) is 1.91. The highest BCUT2D eigenvalue weighted by atomic mass is 32.2. The van der Waals surface area contributed by atoms with Crippen LogP contribution in [0.1, 0.15) is 5.56 Å². The van der Waals surface area contributed by atoms with Gasteiger partial charge in [0.15, 0.2) is 6.10 Å². The number of carbonyl (C=O) groups is 2. The Bertz CT molecular complexity index is 841. The largest absolute Gasteiger partial charge is 0.477 e. The molecule has 1 atom stereocenters. The third-order valence-corrected chi connectivity index (χ3v) is 5.47. The first-order valence-corrected chi connectivity index (χ1v) is 10.3. The Morgan fingerprint density at radius 3 is 2.61 bits per heavy atom. The highest BCUT2D eigenvalue weighted by Crippen LogP contribution is 2.33. The quantitative estimate of drug-likeness (QED) is 0.756. The van der Waals surface area contributed by atoms with Crippen molar-refractivity contribution in [1.82, 2.24) is 10.2 Å². The van der Waals surface area contributed by atoms with Crippen LogP contribution in [0.2, 0.25) is 0 Å². The summed E-state index contributed by atoms with van der Waals surface area (Å²) in [6, 6.07) is 15.7. The monoisotopic (exact) mass is 399 g/mol. The maximum Gasteiger partial charge on any atom is 0.262 e. The summed E-state index contributed by atoms with van der Waals surface area (Å²) in [5, 5.41) is 2.62.